The number of anilines is 1. The zero-order valence-corrected chi connectivity index (χ0v) is 22.8. The summed E-state index contributed by atoms with van der Waals surface area (Å²) in [4.78, 5) is 34.9. The molecule has 0 aliphatic carbocycles. The van der Waals surface area contributed by atoms with E-state index in [0.29, 0.717) is 52.6 Å². The smallest absolute Gasteiger partial charge is 0.350 e. The summed E-state index contributed by atoms with van der Waals surface area (Å²) < 4.78 is 35.6. The average Bonchev–Trinajstić information content (AvgIpc) is 2.86. The molecule has 1 fully saturated rings. The largest absolute Gasteiger partial charge is 0.383 e. The Kier molecular flexibility index (Phi) is 7.23. The molecule has 3 atom stereocenters. The second-order valence-corrected chi connectivity index (χ2v) is 11.1. The number of aromatic nitrogens is 2. The first kappa shape index (κ1) is 26.6. The molecule has 0 bridgehead atoms. The van der Waals surface area contributed by atoms with Gasteiger partial charge in [0.05, 0.1) is 23.2 Å². The molecule has 3 aromatic rings. The molecular weight excluding hydrogens is 534 g/mol. The summed E-state index contributed by atoms with van der Waals surface area (Å²) in [5, 5.41) is 0.914. The van der Waals surface area contributed by atoms with Crippen LogP contribution in [-0.4, -0.2) is 65.0 Å². The summed E-state index contributed by atoms with van der Waals surface area (Å²) in [5.41, 5.74) is 0.702. The standard InChI is InChI=1S/C27H27ClF2N4O3S/c1-5-22(35)33-14(2)10-32(11-15(33)3)26-19-9-20(28)23(18-7-6-16(29)8-21(18)30)25-24(19)34(27(36)31-26)17(12-37-4)13-38-25/h5-9,14-15,17H,1,10-13H2,2-4H3. The van der Waals surface area contributed by atoms with E-state index in [4.69, 9.17) is 16.3 Å². The molecule has 7 nitrogen and oxygen atoms in total. The molecule has 0 saturated carbocycles. The Morgan fingerprint density at radius 1 is 1.26 bits per heavy atom. The van der Waals surface area contributed by atoms with E-state index in [9.17, 15) is 18.4 Å². The number of carbonyl (C=O) groups excluding carboxylic acids is 1. The van der Waals surface area contributed by atoms with Crippen molar-refractivity contribution in [3.8, 4) is 11.1 Å². The first-order valence-corrected chi connectivity index (χ1v) is 13.6. The van der Waals surface area contributed by atoms with E-state index in [0.717, 1.165) is 6.07 Å². The van der Waals surface area contributed by atoms with Gasteiger partial charge in [-0.05, 0) is 38.1 Å². The zero-order valence-electron chi connectivity index (χ0n) is 21.2. The lowest BCUT2D eigenvalue weighted by molar-refractivity contribution is -0.130. The van der Waals surface area contributed by atoms with Gasteiger partial charge in [0, 0.05) is 65.5 Å². The molecule has 0 N–H and O–H groups in total. The molecule has 38 heavy (non-hydrogen) atoms. The van der Waals surface area contributed by atoms with E-state index in [-0.39, 0.29) is 34.6 Å². The van der Waals surface area contributed by atoms with Crippen LogP contribution in [0.2, 0.25) is 5.02 Å². The monoisotopic (exact) mass is 560 g/mol. The van der Waals surface area contributed by atoms with Crippen LogP contribution in [0, 0.1) is 11.6 Å². The number of thioether (sulfide) groups is 1. The normalized spacial score (nSPS) is 21.2. The molecule has 1 aromatic heterocycles. The van der Waals surface area contributed by atoms with Gasteiger partial charge in [-0.1, -0.05) is 18.2 Å². The van der Waals surface area contributed by atoms with Gasteiger partial charge in [-0.25, -0.2) is 13.6 Å². The second kappa shape index (κ2) is 10.3. The van der Waals surface area contributed by atoms with Gasteiger partial charge in [-0.15, -0.1) is 11.8 Å². The van der Waals surface area contributed by atoms with Crippen LogP contribution in [0.3, 0.4) is 0 Å². The zero-order chi connectivity index (χ0) is 27.3. The van der Waals surface area contributed by atoms with Crippen molar-refractivity contribution in [2.75, 3.05) is 37.5 Å². The van der Waals surface area contributed by atoms with Gasteiger partial charge in [-0.3, -0.25) is 9.36 Å². The second-order valence-electron chi connectivity index (χ2n) is 9.64. The predicted molar refractivity (Wildman–Crippen MR) is 146 cm³/mol. The maximum Gasteiger partial charge on any atom is 0.350 e. The number of piperazine rings is 1. The van der Waals surface area contributed by atoms with Crippen LogP contribution in [0.5, 0.6) is 0 Å². The molecule has 2 aliphatic heterocycles. The number of hydrogen-bond donors (Lipinski definition) is 0. The van der Waals surface area contributed by atoms with Crippen molar-refractivity contribution in [2.45, 2.75) is 36.9 Å². The molecule has 0 spiro atoms. The Bertz CT molecular complexity index is 1500. The molecule has 2 aromatic carbocycles. The minimum absolute atomic E-state index is 0.151. The Labute approximate surface area is 228 Å². The van der Waals surface area contributed by atoms with Gasteiger partial charge in [-0.2, -0.15) is 4.98 Å². The minimum atomic E-state index is -0.740. The molecule has 2 aliphatic rings. The molecular formula is C27H27ClF2N4O3S. The predicted octanol–water partition coefficient (Wildman–Crippen LogP) is 4.90. The number of carbonyl (C=O) groups is 1. The Balaban J connectivity index is 1.75. The lowest BCUT2D eigenvalue weighted by atomic mass is 10.0. The number of amides is 1. The van der Waals surface area contributed by atoms with Crippen LogP contribution >= 0.6 is 23.4 Å². The average molecular weight is 561 g/mol. The van der Waals surface area contributed by atoms with Crippen LogP contribution in [0.1, 0.15) is 19.9 Å². The van der Waals surface area contributed by atoms with Crippen LogP contribution in [-0.2, 0) is 9.53 Å². The molecule has 0 radical (unpaired) electrons. The summed E-state index contributed by atoms with van der Waals surface area (Å²) in [7, 11) is 1.57. The molecule has 1 amide bonds. The Hall–Kier alpha value is -2.95. The summed E-state index contributed by atoms with van der Waals surface area (Å²) in [6.07, 6.45) is 1.30. The van der Waals surface area contributed by atoms with Gasteiger partial charge in [0.2, 0.25) is 5.91 Å². The highest BCUT2D eigenvalue weighted by molar-refractivity contribution is 7.99. The first-order chi connectivity index (χ1) is 18.2. The van der Waals surface area contributed by atoms with Gasteiger partial charge in [0.15, 0.2) is 0 Å². The van der Waals surface area contributed by atoms with Gasteiger partial charge >= 0.3 is 5.69 Å². The lowest BCUT2D eigenvalue weighted by Crippen LogP contribution is -2.58. The molecule has 200 valence electrons. The molecule has 5 rings (SSSR count). The summed E-state index contributed by atoms with van der Waals surface area (Å²) in [5.74, 6) is -0.633. The molecule has 3 unspecified atom stereocenters. The van der Waals surface area contributed by atoms with Crippen molar-refractivity contribution in [1.29, 1.82) is 0 Å². The topological polar surface area (TPSA) is 67.7 Å². The van der Waals surface area contributed by atoms with Crippen molar-refractivity contribution >= 4 is 46.0 Å². The fraction of sp³-hybridized carbons (Fsp3) is 0.370. The number of rotatable bonds is 5. The third-order valence-corrected chi connectivity index (χ3v) is 8.62. The first-order valence-electron chi connectivity index (χ1n) is 12.2. The third-order valence-electron chi connectivity index (χ3n) is 7.09. The molecule has 11 heteroatoms. The van der Waals surface area contributed by atoms with E-state index < -0.39 is 17.3 Å². The van der Waals surface area contributed by atoms with Crippen molar-refractivity contribution < 1.29 is 18.3 Å². The minimum Gasteiger partial charge on any atom is -0.383 e. The molecule has 1 saturated heterocycles. The lowest BCUT2D eigenvalue weighted by Gasteiger charge is -2.45. The highest BCUT2D eigenvalue weighted by Gasteiger charge is 2.35. The fourth-order valence-corrected chi connectivity index (χ4v) is 7.27. The highest BCUT2D eigenvalue weighted by Crippen LogP contribution is 2.48. The third kappa shape index (κ3) is 4.38. The van der Waals surface area contributed by atoms with Crippen molar-refractivity contribution in [1.82, 2.24) is 14.5 Å². The summed E-state index contributed by atoms with van der Waals surface area (Å²) >= 11 is 8.26. The van der Waals surface area contributed by atoms with Gasteiger partial charge in [0.25, 0.3) is 0 Å². The fourth-order valence-electron chi connectivity index (χ4n) is 5.59. The van der Waals surface area contributed by atoms with E-state index in [1.54, 1.807) is 22.6 Å². The molecule has 3 heterocycles. The van der Waals surface area contributed by atoms with Crippen molar-refractivity contribution in [3.63, 3.8) is 0 Å². The highest BCUT2D eigenvalue weighted by atomic mass is 35.5. The van der Waals surface area contributed by atoms with Crippen LogP contribution in [0.25, 0.3) is 22.0 Å². The summed E-state index contributed by atoms with van der Waals surface area (Å²) in [6, 6.07) is 4.46. The number of ether oxygens (including phenoxy) is 1. The van der Waals surface area contributed by atoms with Gasteiger partial charge < -0.3 is 14.5 Å². The van der Waals surface area contributed by atoms with Crippen LogP contribution in [0.15, 0.2) is 46.6 Å². The van der Waals surface area contributed by atoms with Crippen molar-refractivity contribution in [2.24, 2.45) is 0 Å². The quantitative estimate of drug-likeness (QED) is 0.414. The van der Waals surface area contributed by atoms with Crippen molar-refractivity contribution in [3.05, 3.63) is 64.1 Å². The summed E-state index contributed by atoms with van der Waals surface area (Å²) in [6.45, 7) is 8.68. The number of nitrogens with zero attached hydrogens (tertiary/aromatic N) is 4. The number of halogens is 3. The number of benzene rings is 2. The SMILES string of the molecule is C=CC(=O)N1C(C)CN(c2nc(=O)n3c4c(c(-c5ccc(F)cc5F)c(Cl)cc24)SCC3COC)CC1C. The maximum atomic E-state index is 15.0. The van der Waals surface area contributed by atoms with E-state index in [2.05, 4.69) is 11.6 Å². The number of methoxy groups -OCH3 is 1. The maximum absolute atomic E-state index is 15.0. The van der Waals surface area contributed by atoms with Gasteiger partial charge in [0.1, 0.15) is 17.5 Å². The Morgan fingerprint density at radius 2 is 1.97 bits per heavy atom. The van der Waals surface area contributed by atoms with E-state index >= 15 is 0 Å². The van der Waals surface area contributed by atoms with Crippen LogP contribution < -0.4 is 10.6 Å². The Morgan fingerprint density at radius 3 is 2.61 bits per heavy atom. The van der Waals surface area contributed by atoms with Crippen LogP contribution in [0.4, 0.5) is 14.6 Å². The van der Waals surface area contributed by atoms with E-state index in [1.165, 1.54) is 30.0 Å². The van der Waals surface area contributed by atoms with E-state index in [1.807, 2.05) is 18.7 Å². The number of hydrogen-bond acceptors (Lipinski definition) is 6.